The number of carbonyl (C=O) groups is 2. The molecule has 10 nitrogen and oxygen atoms in total. The van der Waals surface area contributed by atoms with E-state index in [1.54, 1.807) is 43.1 Å². The molecule has 176 valence electrons. The molecule has 10 heteroatoms. The van der Waals surface area contributed by atoms with Gasteiger partial charge in [-0.2, -0.15) is 4.98 Å². The molecule has 0 radical (unpaired) electrons. The smallest absolute Gasteiger partial charge is 0.254 e. The lowest BCUT2D eigenvalue weighted by Gasteiger charge is -2.32. The zero-order chi connectivity index (χ0) is 23.3. The highest BCUT2D eigenvalue weighted by atomic mass is 16.5. The van der Waals surface area contributed by atoms with E-state index < -0.39 is 0 Å². The maximum atomic E-state index is 13.5. The van der Waals surface area contributed by atoms with Crippen LogP contribution in [0.15, 0.2) is 47.6 Å². The van der Waals surface area contributed by atoms with Crippen molar-refractivity contribution in [3.05, 3.63) is 54.6 Å². The summed E-state index contributed by atoms with van der Waals surface area (Å²) in [5.74, 6) is 0.262. The van der Waals surface area contributed by atoms with Gasteiger partial charge >= 0.3 is 0 Å². The molecule has 0 aromatic carbocycles. The van der Waals surface area contributed by atoms with E-state index in [4.69, 9.17) is 4.52 Å². The van der Waals surface area contributed by atoms with Gasteiger partial charge in [0, 0.05) is 55.4 Å². The first-order valence-corrected chi connectivity index (χ1v) is 11.8. The fourth-order valence-corrected chi connectivity index (χ4v) is 4.94. The van der Waals surface area contributed by atoms with E-state index in [1.165, 1.54) is 0 Å². The largest absolute Gasteiger partial charge is 0.356 e. The third-order valence-electron chi connectivity index (χ3n) is 6.66. The topological polar surface area (TPSA) is 127 Å². The molecule has 5 rings (SSSR count). The highest BCUT2D eigenvalue weighted by molar-refractivity contribution is 5.95. The SMILES string of the molecule is O=C1NCCCCCCN(C(=O)c2ccncc2)[C@H]2C[C@H](c3nc(-c4cnccn4)no3)C[C@@H]12. The minimum Gasteiger partial charge on any atom is -0.356 e. The zero-order valence-electron chi connectivity index (χ0n) is 18.8. The van der Waals surface area contributed by atoms with Gasteiger partial charge in [-0.05, 0) is 37.8 Å². The molecule has 1 aliphatic carbocycles. The number of hydrogen-bond acceptors (Lipinski definition) is 8. The van der Waals surface area contributed by atoms with Crippen LogP contribution >= 0.6 is 0 Å². The first kappa shape index (κ1) is 22.1. The number of aromatic nitrogens is 5. The Hall–Kier alpha value is -3.69. The van der Waals surface area contributed by atoms with Gasteiger partial charge in [-0.1, -0.05) is 18.0 Å². The predicted octanol–water partition coefficient (Wildman–Crippen LogP) is 2.62. The molecule has 0 spiro atoms. The van der Waals surface area contributed by atoms with Crippen LogP contribution in [-0.2, 0) is 4.79 Å². The number of rotatable bonds is 3. The van der Waals surface area contributed by atoms with Crippen LogP contribution in [0.5, 0.6) is 0 Å². The van der Waals surface area contributed by atoms with Crippen molar-refractivity contribution in [2.24, 2.45) is 5.92 Å². The summed E-state index contributed by atoms with van der Waals surface area (Å²) in [5.41, 5.74) is 1.10. The van der Waals surface area contributed by atoms with Crippen molar-refractivity contribution < 1.29 is 14.1 Å². The molecule has 1 saturated heterocycles. The van der Waals surface area contributed by atoms with E-state index in [0.717, 1.165) is 25.7 Å². The third kappa shape index (κ3) is 4.66. The molecule has 1 aliphatic heterocycles. The van der Waals surface area contributed by atoms with Crippen molar-refractivity contribution in [2.75, 3.05) is 13.1 Å². The van der Waals surface area contributed by atoms with Crippen LogP contribution < -0.4 is 5.32 Å². The van der Waals surface area contributed by atoms with E-state index >= 15 is 0 Å². The summed E-state index contributed by atoms with van der Waals surface area (Å²) in [5, 5.41) is 7.15. The van der Waals surface area contributed by atoms with Crippen LogP contribution in [-0.4, -0.2) is 60.9 Å². The Morgan fingerprint density at radius 2 is 1.88 bits per heavy atom. The molecule has 3 aromatic heterocycles. The third-order valence-corrected chi connectivity index (χ3v) is 6.66. The first-order chi connectivity index (χ1) is 16.7. The lowest BCUT2D eigenvalue weighted by atomic mass is 9.99. The standard InChI is InChI=1S/C24H27N7O3/c32-22-18-13-17(23-29-21(30-34-23)19-15-26-10-11-27-19)14-20(18)31(12-4-2-1-3-7-28-22)24(33)16-5-8-25-9-6-16/h5-6,8-11,15,17-18,20H,1-4,7,12-14H2,(H,28,32)/t17-,18-,20+/m1/s1. The van der Waals surface area contributed by atoms with Gasteiger partial charge in [-0.25, -0.2) is 4.98 Å². The van der Waals surface area contributed by atoms with E-state index in [2.05, 4.69) is 30.4 Å². The van der Waals surface area contributed by atoms with E-state index in [0.29, 0.717) is 48.9 Å². The average molecular weight is 462 g/mol. The Bertz CT molecular complexity index is 1120. The highest BCUT2D eigenvalue weighted by Gasteiger charge is 2.45. The van der Waals surface area contributed by atoms with Crippen molar-refractivity contribution in [1.82, 2.24) is 35.3 Å². The monoisotopic (exact) mass is 461 g/mol. The van der Waals surface area contributed by atoms with E-state index in [1.807, 2.05) is 4.90 Å². The van der Waals surface area contributed by atoms with Crippen LogP contribution in [0.25, 0.3) is 11.5 Å². The number of amides is 2. The van der Waals surface area contributed by atoms with E-state index in [-0.39, 0.29) is 29.7 Å². The minimum atomic E-state index is -0.347. The fraction of sp³-hybridized carbons (Fsp3) is 0.458. The lowest BCUT2D eigenvalue weighted by Crippen LogP contribution is -2.47. The molecular weight excluding hydrogens is 434 g/mol. The summed E-state index contributed by atoms with van der Waals surface area (Å²) in [6.07, 6.45) is 13.0. The number of nitrogens with zero attached hydrogens (tertiary/aromatic N) is 6. The molecule has 2 fully saturated rings. The van der Waals surface area contributed by atoms with Crippen molar-refractivity contribution in [2.45, 2.75) is 50.5 Å². The minimum absolute atomic E-state index is 0.0180. The van der Waals surface area contributed by atoms with Crippen LogP contribution in [0.4, 0.5) is 0 Å². The second-order valence-corrected chi connectivity index (χ2v) is 8.83. The zero-order valence-corrected chi connectivity index (χ0v) is 18.8. The summed E-state index contributed by atoms with van der Waals surface area (Å²) in [7, 11) is 0. The maximum Gasteiger partial charge on any atom is 0.254 e. The van der Waals surface area contributed by atoms with Crippen molar-refractivity contribution in [1.29, 1.82) is 0 Å². The molecule has 2 amide bonds. The van der Waals surface area contributed by atoms with Crippen molar-refractivity contribution in [3.63, 3.8) is 0 Å². The summed E-state index contributed by atoms with van der Waals surface area (Å²) in [4.78, 5) is 45.5. The molecule has 2 aliphatic rings. The van der Waals surface area contributed by atoms with Crippen LogP contribution in [0.3, 0.4) is 0 Å². The second-order valence-electron chi connectivity index (χ2n) is 8.83. The molecule has 0 unspecified atom stereocenters. The number of hydrogen-bond donors (Lipinski definition) is 1. The quantitative estimate of drug-likeness (QED) is 0.631. The summed E-state index contributed by atoms with van der Waals surface area (Å²) >= 11 is 0. The van der Waals surface area contributed by atoms with Gasteiger partial charge in [0.15, 0.2) is 0 Å². The molecule has 0 bridgehead atoms. The normalized spacial score (nSPS) is 23.6. The molecule has 4 heterocycles. The molecule has 1 saturated carbocycles. The Labute approximate surface area is 197 Å². The van der Waals surface area contributed by atoms with Gasteiger partial charge in [0.05, 0.1) is 12.1 Å². The Kier molecular flexibility index (Phi) is 6.55. The first-order valence-electron chi connectivity index (χ1n) is 11.8. The Morgan fingerprint density at radius 1 is 1.03 bits per heavy atom. The van der Waals surface area contributed by atoms with Crippen molar-refractivity contribution >= 4 is 11.8 Å². The van der Waals surface area contributed by atoms with Gasteiger partial charge < -0.3 is 14.7 Å². The van der Waals surface area contributed by atoms with Gasteiger partial charge in [0.25, 0.3) is 5.91 Å². The maximum absolute atomic E-state index is 13.5. The number of carbonyl (C=O) groups excluding carboxylic acids is 2. The Morgan fingerprint density at radius 3 is 2.71 bits per heavy atom. The molecule has 34 heavy (non-hydrogen) atoms. The van der Waals surface area contributed by atoms with Gasteiger partial charge in [0.1, 0.15) is 5.69 Å². The average Bonchev–Trinajstić information content (AvgIpc) is 3.54. The molecule has 3 atom stereocenters. The number of nitrogens with one attached hydrogen (secondary N) is 1. The van der Waals surface area contributed by atoms with E-state index in [9.17, 15) is 9.59 Å². The Balaban J connectivity index is 1.44. The summed E-state index contributed by atoms with van der Waals surface area (Å²) < 4.78 is 5.58. The van der Waals surface area contributed by atoms with Crippen LogP contribution in [0.1, 0.15) is 60.7 Å². The van der Waals surface area contributed by atoms with Crippen molar-refractivity contribution in [3.8, 4) is 11.5 Å². The summed E-state index contributed by atoms with van der Waals surface area (Å²) in [6, 6.07) is 3.19. The lowest BCUT2D eigenvalue weighted by molar-refractivity contribution is -0.126. The van der Waals surface area contributed by atoms with Gasteiger partial charge in [-0.15, -0.1) is 0 Å². The second kappa shape index (κ2) is 10.1. The molecule has 1 N–H and O–H groups in total. The van der Waals surface area contributed by atoms with Gasteiger partial charge in [0.2, 0.25) is 17.6 Å². The van der Waals surface area contributed by atoms with Crippen LogP contribution in [0.2, 0.25) is 0 Å². The molecule has 3 aromatic rings. The predicted molar refractivity (Wildman–Crippen MR) is 121 cm³/mol. The highest BCUT2D eigenvalue weighted by Crippen LogP contribution is 2.41. The fourth-order valence-electron chi connectivity index (χ4n) is 4.94. The number of fused-ring (bicyclic) bond motifs is 1. The van der Waals surface area contributed by atoms with Gasteiger partial charge in [-0.3, -0.25) is 19.6 Å². The summed E-state index contributed by atoms with van der Waals surface area (Å²) in [6.45, 7) is 1.26. The molecular formula is C24H27N7O3. The van der Waals surface area contributed by atoms with Crippen LogP contribution in [0, 0.1) is 5.92 Å². The number of pyridine rings is 1.